The topological polar surface area (TPSA) is 84.9 Å². The van der Waals surface area contributed by atoms with Crippen molar-refractivity contribution in [2.45, 2.75) is 32.1 Å². The van der Waals surface area contributed by atoms with Crippen LogP contribution in [0.2, 0.25) is 0 Å². The lowest BCUT2D eigenvalue weighted by molar-refractivity contribution is -0.108. The Morgan fingerprint density at radius 3 is 2.53 bits per heavy atom. The minimum Gasteiger partial charge on any atom is -0.391 e. The standard InChI is InChI=1S/C8H18NO5P/c1-6(4-10)9-15(12)14-5-8(13-3)7(2)11/h4,6-8,11,15H,5H2,1-3H3,(H,9,12)/t6-,7-,8+/m0/s1. The van der Waals surface area contributed by atoms with Gasteiger partial charge in [0.25, 0.3) is 8.18 Å². The number of hydrogen-bond donors (Lipinski definition) is 2. The highest BCUT2D eigenvalue weighted by atomic mass is 31.1. The maximum Gasteiger partial charge on any atom is 0.258 e. The van der Waals surface area contributed by atoms with Crippen molar-refractivity contribution >= 4 is 14.5 Å². The number of aliphatic hydroxyl groups excluding tert-OH is 1. The summed E-state index contributed by atoms with van der Waals surface area (Å²) in [5.74, 6) is 0. The van der Waals surface area contributed by atoms with Crippen molar-refractivity contribution in [3.8, 4) is 0 Å². The van der Waals surface area contributed by atoms with E-state index in [2.05, 4.69) is 5.09 Å². The summed E-state index contributed by atoms with van der Waals surface area (Å²) in [5.41, 5.74) is 0. The first kappa shape index (κ1) is 14.7. The fraction of sp³-hybridized carbons (Fsp3) is 0.875. The average molecular weight is 239 g/mol. The molecule has 0 heterocycles. The van der Waals surface area contributed by atoms with Gasteiger partial charge in [0.05, 0.1) is 18.8 Å². The summed E-state index contributed by atoms with van der Waals surface area (Å²) in [5, 5.41) is 11.6. The Kier molecular flexibility index (Phi) is 7.82. The van der Waals surface area contributed by atoms with Gasteiger partial charge in [-0.2, -0.15) is 0 Å². The molecule has 0 aliphatic carbocycles. The first-order valence-electron chi connectivity index (χ1n) is 4.60. The summed E-state index contributed by atoms with van der Waals surface area (Å²) in [7, 11) is -1.03. The molecule has 0 saturated carbocycles. The average Bonchev–Trinajstić information content (AvgIpc) is 2.17. The monoisotopic (exact) mass is 239 g/mol. The van der Waals surface area contributed by atoms with Crippen molar-refractivity contribution in [2.75, 3.05) is 13.7 Å². The molecule has 0 radical (unpaired) electrons. The number of aldehydes is 1. The second-order valence-electron chi connectivity index (χ2n) is 3.18. The molecule has 0 spiro atoms. The number of hydrogen-bond acceptors (Lipinski definition) is 5. The maximum absolute atomic E-state index is 11.2. The SMILES string of the molecule is CO[C@H](CO[PH](=O)N[C@@H](C)C=O)[C@H](C)O. The van der Waals surface area contributed by atoms with Crippen molar-refractivity contribution in [1.29, 1.82) is 0 Å². The van der Waals surface area contributed by atoms with Gasteiger partial charge in [-0.05, 0) is 13.8 Å². The quantitative estimate of drug-likeness (QED) is 0.457. The van der Waals surface area contributed by atoms with E-state index in [1.807, 2.05) is 0 Å². The van der Waals surface area contributed by atoms with Crippen LogP contribution in [0.4, 0.5) is 0 Å². The minimum absolute atomic E-state index is 0.0184. The molecule has 0 saturated heterocycles. The molecule has 0 aliphatic rings. The van der Waals surface area contributed by atoms with Crippen LogP contribution in [-0.2, 0) is 18.6 Å². The second-order valence-corrected chi connectivity index (χ2v) is 4.33. The highest BCUT2D eigenvalue weighted by Gasteiger charge is 2.15. The van der Waals surface area contributed by atoms with E-state index in [4.69, 9.17) is 9.26 Å². The highest BCUT2D eigenvalue weighted by molar-refractivity contribution is 7.36. The third kappa shape index (κ3) is 6.76. The van der Waals surface area contributed by atoms with E-state index in [-0.39, 0.29) is 6.61 Å². The zero-order chi connectivity index (χ0) is 11.8. The van der Waals surface area contributed by atoms with E-state index in [1.54, 1.807) is 13.8 Å². The second kappa shape index (κ2) is 7.96. The van der Waals surface area contributed by atoms with Crippen LogP contribution in [0.15, 0.2) is 0 Å². The van der Waals surface area contributed by atoms with Crippen LogP contribution in [0, 0.1) is 0 Å². The number of nitrogens with one attached hydrogen (secondary N) is 1. The molecule has 0 amide bonds. The Morgan fingerprint density at radius 1 is 1.53 bits per heavy atom. The zero-order valence-corrected chi connectivity index (χ0v) is 10.1. The first-order valence-corrected chi connectivity index (χ1v) is 5.92. The molecule has 0 aliphatic heterocycles. The van der Waals surface area contributed by atoms with E-state index in [0.717, 1.165) is 0 Å². The number of carbonyl (C=O) groups is 1. The van der Waals surface area contributed by atoms with Crippen LogP contribution in [0.5, 0.6) is 0 Å². The highest BCUT2D eigenvalue weighted by Crippen LogP contribution is 2.18. The molecule has 0 aromatic rings. The Balaban J connectivity index is 3.83. The van der Waals surface area contributed by atoms with Gasteiger partial charge in [0.15, 0.2) is 0 Å². The van der Waals surface area contributed by atoms with Crippen molar-refractivity contribution in [3.63, 3.8) is 0 Å². The van der Waals surface area contributed by atoms with Crippen LogP contribution < -0.4 is 5.09 Å². The van der Waals surface area contributed by atoms with E-state index in [0.29, 0.717) is 6.29 Å². The van der Waals surface area contributed by atoms with Crippen LogP contribution in [0.3, 0.4) is 0 Å². The predicted molar refractivity (Wildman–Crippen MR) is 56.1 cm³/mol. The molecule has 15 heavy (non-hydrogen) atoms. The molecule has 90 valence electrons. The molecular weight excluding hydrogens is 221 g/mol. The van der Waals surface area contributed by atoms with Gasteiger partial charge in [-0.3, -0.25) is 4.57 Å². The molecule has 0 rings (SSSR count). The Bertz CT molecular complexity index is 211. The van der Waals surface area contributed by atoms with Gasteiger partial charge in [0, 0.05) is 7.11 Å². The number of aliphatic hydroxyl groups is 1. The predicted octanol–water partition coefficient (Wildman–Crippen LogP) is -0.0345. The van der Waals surface area contributed by atoms with Crippen molar-refractivity contribution in [3.05, 3.63) is 0 Å². The van der Waals surface area contributed by atoms with Gasteiger partial charge in [-0.15, -0.1) is 0 Å². The lowest BCUT2D eigenvalue weighted by Gasteiger charge is -2.18. The van der Waals surface area contributed by atoms with Crippen LogP contribution in [0.1, 0.15) is 13.8 Å². The zero-order valence-electron chi connectivity index (χ0n) is 9.10. The van der Waals surface area contributed by atoms with Gasteiger partial charge >= 0.3 is 0 Å². The van der Waals surface area contributed by atoms with Gasteiger partial charge in [0.1, 0.15) is 12.4 Å². The Hall–Kier alpha value is -0.260. The lowest BCUT2D eigenvalue weighted by Crippen LogP contribution is -2.30. The Morgan fingerprint density at radius 2 is 2.13 bits per heavy atom. The first-order chi connectivity index (χ1) is 7.01. The van der Waals surface area contributed by atoms with Gasteiger partial charge in [-0.25, -0.2) is 5.09 Å². The summed E-state index contributed by atoms with van der Waals surface area (Å²) in [6, 6.07) is -0.510. The third-order valence-corrected chi connectivity index (χ3v) is 2.89. The van der Waals surface area contributed by atoms with E-state index >= 15 is 0 Å². The summed E-state index contributed by atoms with van der Waals surface area (Å²) in [4.78, 5) is 10.2. The molecule has 6 nitrogen and oxygen atoms in total. The minimum atomic E-state index is -2.46. The van der Waals surface area contributed by atoms with Crippen molar-refractivity contribution in [1.82, 2.24) is 5.09 Å². The normalized spacial score (nSPS) is 19.2. The molecule has 7 heteroatoms. The smallest absolute Gasteiger partial charge is 0.258 e. The molecule has 4 atom stereocenters. The van der Waals surface area contributed by atoms with Crippen molar-refractivity contribution in [2.24, 2.45) is 0 Å². The molecule has 0 fully saturated rings. The number of methoxy groups -OCH3 is 1. The summed E-state index contributed by atoms with van der Waals surface area (Å²) < 4.78 is 21.0. The lowest BCUT2D eigenvalue weighted by atomic mass is 10.2. The number of ether oxygens (including phenoxy) is 1. The van der Waals surface area contributed by atoms with Gasteiger partial charge in [0.2, 0.25) is 0 Å². The van der Waals surface area contributed by atoms with Crippen LogP contribution in [-0.4, -0.2) is 43.4 Å². The molecule has 1 unspecified atom stereocenters. The molecule has 2 N–H and O–H groups in total. The maximum atomic E-state index is 11.2. The van der Waals surface area contributed by atoms with Crippen LogP contribution in [0.25, 0.3) is 0 Å². The fourth-order valence-electron chi connectivity index (χ4n) is 0.824. The molecule has 0 aromatic heterocycles. The van der Waals surface area contributed by atoms with Gasteiger partial charge < -0.3 is 19.2 Å². The van der Waals surface area contributed by atoms with Crippen LogP contribution >= 0.6 is 8.18 Å². The van der Waals surface area contributed by atoms with E-state index < -0.39 is 26.4 Å². The Labute approximate surface area is 89.9 Å². The largest absolute Gasteiger partial charge is 0.391 e. The third-order valence-electron chi connectivity index (χ3n) is 1.77. The molecule has 0 bridgehead atoms. The molecular formula is C8H18NO5P. The molecule has 0 aromatic carbocycles. The van der Waals surface area contributed by atoms with E-state index in [9.17, 15) is 14.5 Å². The van der Waals surface area contributed by atoms with Crippen molar-refractivity contribution < 1.29 is 23.7 Å². The number of carbonyl (C=O) groups excluding carboxylic acids is 1. The fourth-order valence-corrected chi connectivity index (χ4v) is 1.66. The van der Waals surface area contributed by atoms with Gasteiger partial charge in [-0.1, -0.05) is 0 Å². The summed E-state index contributed by atoms with van der Waals surface area (Å²) in [6.45, 7) is 3.14. The summed E-state index contributed by atoms with van der Waals surface area (Å²) >= 11 is 0. The summed E-state index contributed by atoms with van der Waals surface area (Å²) in [6.07, 6.45) is -0.588. The number of rotatable bonds is 8. The van der Waals surface area contributed by atoms with E-state index in [1.165, 1.54) is 7.11 Å².